The maximum Gasteiger partial charge on any atom is 0.272 e. The van der Waals surface area contributed by atoms with E-state index in [1.54, 1.807) is 4.68 Å². The van der Waals surface area contributed by atoms with E-state index in [0.717, 1.165) is 37.0 Å². The summed E-state index contributed by atoms with van der Waals surface area (Å²) in [7, 11) is 1.86. The van der Waals surface area contributed by atoms with Gasteiger partial charge >= 0.3 is 0 Å². The third kappa shape index (κ3) is 2.54. The van der Waals surface area contributed by atoms with Crippen LogP contribution in [0.2, 0.25) is 0 Å². The number of para-hydroxylation sites is 1. The van der Waals surface area contributed by atoms with Crippen LogP contribution < -0.4 is 5.32 Å². The van der Waals surface area contributed by atoms with Crippen molar-refractivity contribution in [3.63, 3.8) is 0 Å². The van der Waals surface area contributed by atoms with Gasteiger partial charge in [0.25, 0.3) is 5.91 Å². The number of aryl methyl sites for hydroxylation is 1. The van der Waals surface area contributed by atoms with Gasteiger partial charge in [-0.25, -0.2) is 0 Å². The van der Waals surface area contributed by atoms with Crippen LogP contribution in [0.5, 0.6) is 0 Å². The van der Waals surface area contributed by atoms with Gasteiger partial charge in [0.15, 0.2) is 5.69 Å². The number of carbonyl (C=O) groups excluding carboxylic acids is 1. The number of aromatic nitrogens is 2. The number of rotatable bonds is 3. The molecule has 0 saturated carbocycles. The predicted octanol–water partition coefficient (Wildman–Crippen LogP) is 1.73. The quantitative estimate of drug-likeness (QED) is 0.926. The van der Waals surface area contributed by atoms with Crippen LogP contribution in [0.1, 0.15) is 23.3 Å². The molecule has 1 N–H and O–H groups in total. The van der Waals surface area contributed by atoms with Crippen molar-refractivity contribution < 1.29 is 9.53 Å². The van der Waals surface area contributed by atoms with Crippen LogP contribution in [0.3, 0.4) is 0 Å². The molecule has 2 heterocycles. The van der Waals surface area contributed by atoms with Gasteiger partial charge in [0.1, 0.15) is 0 Å². The molecule has 0 bridgehead atoms. The molecule has 0 aliphatic carbocycles. The maximum atomic E-state index is 12.3. The van der Waals surface area contributed by atoms with E-state index < -0.39 is 0 Å². The lowest BCUT2D eigenvalue weighted by atomic mass is 10.0. The number of ether oxygens (including phenoxy) is 1. The number of nitrogens with one attached hydrogen (secondary N) is 1. The van der Waals surface area contributed by atoms with Gasteiger partial charge in [0, 0.05) is 32.2 Å². The van der Waals surface area contributed by atoms with E-state index in [1.165, 1.54) is 0 Å². The van der Waals surface area contributed by atoms with Crippen molar-refractivity contribution in [1.82, 2.24) is 15.1 Å². The first kappa shape index (κ1) is 13.1. The van der Waals surface area contributed by atoms with Crippen molar-refractivity contribution in [2.24, 2.45) is 13.0 Å². The van der Waals surface area contributed by atoms with E-state index >= 15 is 0 Å². The van der Waals surface area contributed by atoms with Crippen LogP contribution in [0.25, 0.3) is 10.9 Å². The Bertz CT molecular complexity index is 615. The molecule has 0 atom stereocenters. The third-order valence-corrected chi connectivity index (χ3v) is 3.87. The van der Waals surface area contributed by atoms with Gasteiger partial charge < -0.3 is 10.1 Å². The van der Waals surface area contributed by atoms with Gasteiger partial charge in [0.2, 0.25) is 0 Å². The second-order valence-electron chi connectivity index (χ2n) is 5.26. The second-order valence-corrected chi connectivity index (χ2v) is 5.26. The number of nitrogens with zero attached hydrogens (tertiary/aromatic N) is 2. The molecule has 5 heteroatoms. The summed E-state index contributed by atoms with van der Waals surface area (Å²) in [5, 5.41) is 8.24. The van der Waals surface area contributed by atoms with Gasteiger partial charge in [-0.15, -0.1) is 0 Å². The topological polar surface area (TPSA) is 56.2 Å². The summed E-state index contributed by atoms with van der Waals surface area (Å²) in [4.78, 5) is 12.3. The first-order valence-corrected chi connectivity index (χ1v) is 7.03. The van der Waals surface area contributed by atoms with Gasteiger partial charge in [-0.1, -0.05) is 18.2 Å². The van der Waals surface area contributed by atoms with Crippen LogP contribution in [0.15, 0.2) is 24.3 Å². The normalized spacial score (nSPS) is 16.4. The number of carbonyl (C=O) groups is 1. The molecule has 1 aromatic carbocycles. The van der Waals surface area contributed by atoms with Crippen LogP contribution in [-0.4, -0.2) is 35.4 Å². The highest BCUT2D eigenvalue weighted by Crippen LogP contribution is 2.18. The zero-order valence-corrected chi connectivity index (χ0v) is 11.6. The van der Waals surface area contributed by atoms with E-state index in [1.807, 2.05) is 31.3 Å². The van der Waals surface area contributed by atoms with Crippen molar-refractivity contribution in [2.75, 3.05) is 19.8 Å². The summed E-state index contributed by atoms with van der Waals surface area (Å²) in [5.74, 6) is 0.427. The molecule has 1 aliphatic rings. The summed E-state index contributed by atoms with van der Waals surface area (Å²) >= 11 is 0. The van der Waals surface area contributed by atoms with E-state index in [4.69, 9.17) is 4.74 Å². The highest BCUT2D eigenvalue weighted by Gasteiger charge is 2.18. The Labute approximate surface area is 117 Å². The lowest BCUT2D eigenvalue weighted by Crippen LogP contribution is -2.32. The number of fused-ring (bicyclic) bond motifs is 1. The average molecular weight is 273 g/mol. The summed E-state index contributed by atoms with van der Waals surface area (Å²) in [6.45, 7) is 2.30. The number of hydrogen-bond acceptors (Lipinski definition) is 3. The zero-order chi connectivity index (χ0) is 13.9. The van der Waals surface area contributed by atoms with E-state index in [9.17, 15) is 4.79 Å². The van der Waals surface area contributed by atoms with Crippen LogP contribution in [0, 0.1) is 5.92 Å². The third-order valence-electron chi connectivity index (χ3n) is 3.87. The van der Waals surface area contributed by atoms with Gasteiger partial charge in [-0.3, -0.25) is 9.48 Å². The Kier molecular flexibility index (Phi) is 3.69. The van der Waals surface area contributed by atoms with Crippen molar-refractivity contribution in [3.05, 3.63) is 30.0 Å². The molecule has 0 radical (unpaired) electrons. The molecule has 3 rings (SSSR count). The molecule has 0 spiro atoms. The molecule has 20 heavy (non-hydrogen) atoms. The van der Waals surface area contributed by atoms with Crippen molar-refractivity contribution >= 4 is 16.8 Å². The lowest BCUT2D eigenvalue weighted by Gasteiger charge is -2.21. The summed E-state index contributed by atoms with van der Waals surface area (Å²) < 4.78 is 7.07. The Morgan fingerprint density at radius 3 is 2.95 bits per heavy atom. The van der Waals surface area contributed by atoms with Crippen molar-refractivity contribution in [3.8, 4) is 0 Å². The molecule has 0 unspecified atom stereocenters. The van der Waals surface area contributed by atoms with Gasteiger partial charge in [-0.2, -0.15) is 5.10 Å². The summed E-state index contributed by atoms with van der Waals surface area (Å²) in [5.41, 5.74) is 1.49. The van der Waals surface area contributed by atoms with Gasteiger partial charge in [0.05, 0.1) is 5.52 Å². The Morgan fingerprint density at radius 2 is 2.15 bits per heavy atom. The number of amides is 1. The van der Waals surface area contributed by atoms with Gasteiger partial charge in [-0.05, 0) is 24.8 Å². The van der Waals surface area contributed by atoms with Crippen LogP contribution in [-0.2, 0) is 11.8 Å². The molecule has 2 aromatic rings. The maximum absolute atomic E-state index is 12.3. The summed E-state index contributed by atoms with van der Waals surface area (Å²) in [6, 6.07) is 7.79. The standard InChI is InChI=1S/C15H19N3O2/c1-18-13-5-3-2-4-12(13)14(17-18)15(19)16-10-11-6-8-20-9-7-11/h2-5,11H,6-10H2,1H3,(H,16,19). The molecular formula is C15H19N3O2. The molecule has 1 aliphatic heterocycles. The average Bonchev–Trinajstić information content (AvgIpc) is 2.84. The number of hydrogen-bond donors (Lipinski definition) is 1. The smallest absolute Gasteiger partial charge is 0.272 e. The molecule has 1 saturated heterocycles. The Hall–Kier alpha value is -1.88. The Balaban J connectivity index is 1.72. The minimum Gasteiger partial charge on any atom is -0.381 e. The highest BCUT2D eigenvalue weighted by molar-refractivity contribution is 6.04. The van der Waals surface area contributed by atoms with Crippen molar-refractivity contribution in [1.29, 1.82) is 0 Å². The Morgan fingerprint density at radius 1 is 1.40 bits per heavy atom. The molecular weight excluding hydrogens is 254 g/mol. The summed E-state index contributed by atoms with van der Waals surface area (Å²) in [6.07, 6.45) is 2.03. The molecule has 5 nitrogen and oxygen atoms in total. The molecule has 106 valence electrons. The second kappa shape index (κ2) is 5.63. The first-order valence-electron chi connectivity index (χ1n) is 7.03. The lowest BCUT2D eigenvalue weighted by molar-refractivity contribution is 0.0642. The largest absolute Gasteiger partial charge is 0.381 e. The predicted molar refractivity (Wildman–Crippen MR) is 76.6 cm³/mol. The van der Waals surface area contributed by atoms with Crippen LogP contribution in [0.4, 0.5) is 0 Å². The minimum atomic E-state index is -0.0895. The van der Waals surface area contributed by atoms with Crippen LogP contribution >= 0.6 is 0 Å². The SMILES string of the molecule is Cn1nc(C(=O)NCC2CCOCC2)c2ccccc21. The first-order chi connectivity index (χ1) is 9.75. The molecule has 1 aromatic heterocycles. The monoisotopic (exact) mass is 273 g/mol. The minimum absolute atomic E-state index is 0.0895. The fourth-order valence-corrected chi connectivity index (χ4v) is 2.65. The highest BCUT2D eigenvalue weighted by atomic mass is 16.5. The van der Waals surface area contributed by atoms with E-state index in [-0.39, 0.29) is 5.91 Å². The van der Waals surface area contributed by atoms with E-state index in [2.05, 4.69) is 10.4 Å². The zero-order valence-electron chi connectivity index (χ0n) is 11.6. The fraction of sp³-hybridized carbons (Fsp3) is 0.467. The fourth-order valence-electron chi connectivity index (χ4n) is 2.65. The number of benzene rings is 1. The van der Waals surface area contributed by atoms with E-state index in [0.29, 0.717) is 18.2 Å². The molecule has 1 fully saturated rings. The molecule has 1 amide bonds. The van der Waals surface area contributed by atoms with Crippen molar-refractivity contribution in [2.45, 2.75) is 12.8 Å².